The highest BCUT2D eigenvalue weighted by molar-refractivity contribution is 5.95. The van der Waals surface area contributed by atoms with Crippen molar-refractivity contribution in [3.63, 3.8) is 0 Å². The minimum atomic E-state index is -5.58. The first-order valence-corrected chi connectivity index (χ1v) is 12.0. The van der Waals surface area contributed by atoms with Crippen LogP contribution < -0.4 is 10.1 Å². The lowest BCUT2D eigenvalue weighted by atomic mass is 9.84. The summed E-state index contributed by atoms with van der Waals surface area (Å²) in [6.45, 7) is -0.996. The monoisotopic (exact) mass is 525 g/mol. The highest BCUT2D eigenvalue weighted by Crippen LogP contribution is 2.37. The number of carbonyl (C=O) groups is 1. The quantitative estimate of drug-likeness (QED) is 0.277. The van der Waals surface area contributed by atoms with Crippen molar-refractivity contribution in [1.29, 1.82) is 5.41 Å². The Kier molecular flexibility index (Phi) is 9.23. The first-order valence-electron chi connectivity index (χ1n) is 12.0. The summed E-state index contributed by atoms with van der Waals surface area (Å²) in [4.78, 5) is 13.1. The van der Waals surface area contributed by atoms with Crippen LogP contribution in [-0.4, -0.2) is 61.4 Å². The maximum absolute atomic E-state index is 14.3. The lowest BCUT2D eigenvalue weighted by Crippen LogP contribution is -2.49. The van der Waals surface area contributed by atoms with E-state index in [0.29, 0.717) is 32.1 Å². The Hall–Kier alpha value is -2.37. The number of rotatable bonds is 12. The Bertz CT molecular complexity index is 890. The van der Waals surface area contributed by atoms with E-state index in [4.69, 9.17) is 10.1 Å². The van der Waals surface area contributed by atoms with E-state index in [1.54, 1.807) is 0 Å². The Labute approximate surface area is 204 Å². The first-order chi connectivity index (χ1) is 16.9. The molecular weight excluding hydrogens is 495 g/mol. The van der Waals surface area contributed by atoms with Crippen molar-refractivity contribution in [2.24, 2.45) is 11.8 Å². The van der Waals surface area contributed by atoms with Crippen LogP contribution in [0.3, 0.4) is 0 Å². The molecule has 1 saturated heterocycles. The molecule has 1 aliphatic carbocycles. The topological polar surface area (TPSA) is 65.4 Å². The predicted molar refractivity (Wildman–Crippen MR) is 119 cm³/mol. The molecule has 202 valence electrons. The van der Waals surface area contributed by atoms with Crippen LogP contribution in [0.25, 0.3) is 0 Å². The highest BCUT2D eigenvalue weighted by Gasteiger charge is 2.58. The highest BCUT2D eigenvalue weighted by atomic mass is 19.4. The molecule has 5 nitrogen and oxygen atoms in total. The van der Waals surface area contributed by atoms with Crippen molar-refractivity contribution < 1.29 is 40.3 Å². The second-order valence-corrected chi connectivity index (χ2v) is 9.61. The molecule has 0 bridgehead atoms. The third-order valence-electron chi connectivity index (χ3n) is 6.61. The molecular formula is C24H30F7N3O2. The van der Waals surface area contributed by atoms with E-state index in [1.807, 2.05) is 0 Å². The van der Waals surface area contributed by atoms with Gasteiger partial charge in [-0.25, -0.2) is 8.78 Å². The minimum Gasteiger partial charge on any atom is -0.493 e. The van der Waals surface area contributed by atoms with E-state index in [1.165, 1.54) is 6.21 Å². The van der Waals surface area contributed by atoms with Gasteiger partial charge in [0.25, 0.3) is 5.91 Å². The van der Waals surface area contributed by atoms with Gasteiger partial charge in [0.2, 0.25) is 0 Å². The predicted octanol–water partition coefficient (Wildman–Crippen LogP) is 5.58. The molecule has 2 aliphatic rings. The zero-order chi connectivity index (χ0) is 26.5. The van der Waals surface area contributed by atoms with Crippen LogP contribution in [0.1, 0.15) is 55.3 Å². The Morgan fingerprint density at radius 1 is 1.11 bits per heavy atom. The van der Waals surface area contributed by atoms with Crippen molar-refractivity contribution in [2.45, 2.75) is 63.1 Å². The summed E-state index contributed by atoms with van der Waals surface area (Å²) in [7, 11) is 0. The minimum absolute atomic E-state index is 0.0195. The molecule has 1 aromatic carbocycles. The fourth-order valence-electron chi connectivity index (χ4n) is 4.40. The number of carbonyl (C=O) groups excluding carboxylic acids is 1. The van der Waals surface area contributed by atoms with Crippen molar-refractivity contribution in [1.82, 2.24) is 10.2 Å². The number of benzene rings is 1. The van der Waals surface area contributed by atoms with E-state index < -0.39 is 41.7 Å². The standard InChI is InChI=1S/C24H30F7N3O2/c25-19-12-18(13-20(26)21(19)22(35)33-17-1-2-17)36-10-6-15(3-7-32)11-16-4-8-34(9-5-16)14-23(27,28)24(29,30)31/h7,12-13,15-17,32H,1-6,8-11,14H2,(H,33,35). The molecule has 1 heterocycles. The van der Waals surface area contributed by atoms with Crippen molar-refractivity contribution in [3.8, 4) is 5.75 Å². The molecule has 0 radical (unpaired) electrons. The van der Waals surface area contributed by atoms with E-state index in [-0.39, 0.29) is 43.3 Å². The van der Waals surface area contributed by atoms with Gasteiger partial charge in [-0.15, -0.1) is 0 Å². The summed E-state index contributed by atoms with van der Waals surface area (Å²) in [6.07, 6.45) is -0.363. The van der Waals surface area contributed by atoms with Crippen molar-refractivity contribution in [2.75, 3.05) is 26.2 Å². The molecule has 1 saturated carbocycles. The van der Waals surface area contributed by atoms with Gasteiger partial charge in [-0.2, -0.15) is 22.0 Å². The second kappa shape index (κ2) is 11.8. The zero-order valence-electron chi connectivity index (χ0n) is 19.7. The molecule has 1 aliphatic heterocycles. The number of ether oxygens (including phenoxy) is 1. The molecule has 0 aromatic heterocycles. The number of piperidine rings is 1. The number of alkyl halides is 5. The summed E-state index contributed by atoms with van der Waals surface area (Å²) in [6, 6.07) is 1.84. The molecule has 2 fully saturated rings. The van der Waals surface area contributed by atoms with Crippen LogP contribution >= 0.6 is 0 Å². The van der Waals surface area contributed by atoms with Gasteiger partial charge in [0.15, 0.2) is 0 Å². The Morgan fingerprint density at radius 2 is 1.72 bits per heavy atom. The fraction of sp³-hybridized carbons (Fsp3) is 0.667. The number of hydrogen-bond donors (Lipinski definition) is 2. The second-order valence-electron chi connectivity index (χ2n) is 9.61. The fourth-order valence-corrected chi connectivity index (χ4v) is 4.40. The van der Waals surface area contributed by atoms with Gasteiger partial charge in [-0.3, -0.25) is 9.69 Å². The average molecular weight is 526 g/mol. The number of halogens is 7. The number of likely N-dealkylation sites (tertiary alicyclic amines) is 1. The number of nitrogens with zero attached hydrogens (tertiary/aromatic N) is 1. The number of hydrogen-bond acceptors (Lipinski definition) is 4. The van der Waals surface area contributed by atoms with Gasteiger partial charge >= 0.3 is 12.1 Å². The van der Waals surface area contributed by atoms with Crippen LogP contribution in [0.15, 0.2) is 12.1 Å². The molecule has 12 heteroatoms. The van der Waals surface area contributed by atoms with E-state index in [9.17, 15) is 35.5 Å². The summed E-state index contributed by atoms with van der Waals surface area (Å²) in [5.41, 5.74) is -0.657. The van der Waals surface area contributed by atoms with Crippen LogP contribution in [0.5, 0.6) is 5.75 Å². The number of amides is 1. The van der Waals surface area contributed by atoms with Crippen LogP contribution in [-0.2, 0) is 0 Å². The van der Waals surface area contributed by atoms with E-state index in [0.717, 1.165) is 29.9 Å². The maximum Gasteiger partial charge on any atom is 0.454 e. The normalized spacial score (nSPS) is 18.6. The molecule has 1 aromatic rings. The van der Waals surface area contributed by atoms with Gasteiger partial charge in [-0.05, 0) is 76.1 Å². The first kappa shape index (κ1) is 28.2. The van der Waals surface area contributed by atoms with Gasteiger partial charge < -0.3 is 15.5 Å². The van der Waals surface area contributed by atoms with Gasteiger partial charge in [0.1, 0.15) is 22.9 Å². The smallest absolute Gasteiger partial charge is 0.454 e. The largest absolute Gasteiger partial charge is 0.493 e. The van der Waals surface area contributed by atoms with E-state index in [2.05, 4.69) is 5.32 Å². The molecule has 2 N–H and O–H groups in total. The van der Waals surface area contributed by atoms with Gasteiger partial charge in [0, 0.05) is 18.2 Å². The van der Waals surface area contributed by atoms with Crippen LogP contribution in [0, 0.1) is 28.9 Å². The van der Waals surface area contributed by atoms with Gasteiger partial charge in [-0.1, -0.05) is 0 Å². The van der Waals surface area contributed by atoms with Crippen molar-refractivity contribution in [3.05, 3.63) is 29.3 Å². The average Bonchev–Trinajstić information content (AvgIpc) is 3.57. The Morgan fingerprint density at radius 3 is 2.25 bits per heavy atom. The maximum atomic E-state index is 14.3. The molecule has 1 amide bonds. The third-order valence-corrected chi connectivity index (χ3v) is 6.61. The van der Waals surface area contributed by atoms with E-state index >= 15 is 0 Å². The molecule has 0 spiro atoms. The molecule has 1 unspecified atom stereocenters. The lowest BCUT2D eigenvalue weighted by molar-refractivity contribution is -0.287. The molecule has 3 rings (SSSR count). The third kappa shape index (κ3) is 7.81. The lowest BCUT2D eigenvalue weighted by Gasteiger charge is -2.35. The summed E-state index contributed by atoms with van der Waals surface area (Å²) in [5.74, 6) is -7.60. The summed E-state index contributed by atoms with van der Waals surface area (Å²) < 4.78 is 98.0. The summed E-state index contributed by atoms with van der Waals surface area (Å²) >= 11 is 0. The van der Waals surface area contributed by atoms with Crippen molar-refractivity contribution >= 4 is 12.1 Å². The zero-order valence-corrected chi connectivity index (χ0v) is 19.7. The van der Waals surface area contributed by atoms with Crippen LogP contribution in [0.4, 0.5) is 30.7 Å². The van der Waals surface area contributed by atoms with Gasteiger partial charge in [0.05, 0.1) is 13.2 Å². The SMILES string of the molecule is N=CCC(CCOc1cc(F)c(C(=O)NC2CC2)c(F)c1)CC1CCN(CC(F)(F)C(F)(F)F)CC1. The summed E-state index contributed by atoms with van der Waals surface area (Å²) in [5, 5.41) is 9.94. The van der Waals surface area contributed by atoms with Crippen LogP contribution in [0.2, 0.25) is 0 Å². The molecule has 36 heavy (non-hydrogen) atoms. The Balaban J connectivity index is 1.46. The number of nitrogens with one attached hydrogen (secondary N) is 2. The molecule has 1 atom stereocenters.